The highest BCUT2D eigenvalue weighted by atomic mass is 19.1. The monoisotopic (exact) mass is 321 g/mol. The lowest BCUT2D eigenvalue weighted by Gasteiger charge is -2.15. The van der Waals surface area contributed by atoms with Crippen LogP contribution >= 0.6 is 0 Å². The average Bonchev–Trinajstić information content (AvgIpc) is 2.92. The van der Waals surface area contributed by atoms with Crippen LogP contribution in [-0.2, 0) is 4.79 Å². The number of carbonyl (C=O) groups is 1. The van der Waals surface area contributed by atoms with E-state index in [-0.39, 0.29) is 24.1 Å². The van der Waals surface area contributed by atoms with Gasteiger partial charge in [0.2, 0.25) is 5.91 Å². The van der Waals surface area contributed by atoms with E-state index in [9.17, 15) is 9.18 Å². The maximum absolute atomic E-state index is 13.7. The number of rotatable bonds is 7. The van der Waals surface area contributed by atoms with Crippen LogP contribution < -0.4 is 15.4 Å². The van der Waals surface area contributed by atoms with Crippen LogP contribution in [-0.4, -0.2) is 24.7 Å². The highest BCUT2D eigenvalue weighted by Gasteiger charge is 2.11. The molecule has 0 fully saturated rings. The first kappa shape index (κ1) is 17.0. The van der Waals surface area contributed by atoms with Crippen LogP contribution in [0.15, 0.2) is 28.8 Å². The van der Waals surface area contributed by atoms with Crippen molar-refractivity contribution in [1.82, 2.24) is 10.5 Å². The van der Waals surface area contributed by atoms with Gasteiger partial charge in [-0.25, -0.2) is 4.39 Å². The summed E-state index contributed by atoms with van der Waals surface area (Å²) in [6, 6.07) is 6.36. The second-order valence-electron chi connectivity index (χ2n) is 5.19. The van der Waals surface area contributed by atoms with Gasteiger partial charge in [0.05, 0.1) is 7.11 Å². The van der Waals surface area contributed by atoms with E-state index in [0.717, 1.165) is 5.56 Å². The molecule has 7 heteroatoms. The largest absolute Gasteiger partial charge is 0.494 e. The number of hydrogen-bond acceptors (Lipinski definition) is 5. The highest BCUT2D eigenvalue weighted by Crippen LogP contribution is 2.21. The molecule has 0 aliphatic rings. The van der Waals surface area contributed by atoms with Crippen molar-refractivity contribution in [3.63, 3.8) is 0 Å². The molecule has 0 saturated heterocycles. The number of aryl methyl sites for hydroxylation is 1. The Morgan fingerprint density at radius 2 is 2.22 bits per heavy atom. The molecule has 0 unspecified atom stereocenters. The third-order valence-electron chi connectivity index (χ3n) is 3.37. The second-order valence-corrected chi connectivity index (χ2v) is 5.19. The smallest absolute Gasteiger partial charge is 0.226 e. The van der Waals surface area contributed by atoms with E-state index < -0.39 is 5.82 Å². The Kier molecular flexibility index (Phi) is 5.70. The molecule has 1 aromatic carbocycles. The van der Waals surface area contributed by atoms with Gasteiger partial charge in [0.1, 0.15) is 5.76 Å². The van der Waals surface area contributed by atoms with Gasteiger partial charge in [0.25, 0.3) is 0 Å². The summed E-state index contributed by atoms with van der Waals surface area (Å²) < 4.78 is 23.4. The van der Waals surface area contributed by atoms with E-state index in [1.54, 1.807) is 25.1 Å². The van der Waals surface area contributed by atoms with Crippen LogP contribution in [0, 0.1) is 12.7 Å². The number of nitrogens with one attached hydrogen (secondary N) is 2. The molecule has 6 nitrogen and oxygen atoms in total. The average molecular weight is 321 g/mol. The summed E-state index contributed by atoms with van der Waals surface area (Å²) in [5.41, 5.74) is 0.788. The molecule has 0 aliphatic heterocycles. The van der Waals surface area contributed by atoms with Gasteiger partial charge in [-0.3, -0.25) is 4.79 Å². The van der Waals surface area contributed by atoms with Gasteiger partial charge in [0.15, 0.2) is 17.4 Å². The number of nitrogens with zero attached hydrogens (tertiary/aromatic N) is 1. The minimum absolute atomic E-state index is 0.0856. The standard InChI is InChI=1S/C16H20FN3O3/c1-10-8-15(20-23-10)19-16(21)6-7-18-11(2)12-4-5-14(22-3)13(17)9-12/h4-5,8-9,11,18H,6-7H2,1-3H3,(H,19,20,21)/t11-/m0/s1. The summed E-state index contributed by atoms with van der Waals surface area (Å²) in [4.78, 5) is 11.8. The van der Waals surface area contributed by atoms with Crippen molar-refractivity contribution in [3.05, 3.63) is 41.4 Å². The van der Waals surface area contributed by atoms with E-state index in [1.807, 2.05) is 6.92 Å². The van der Waals surface area contributed by atoms with Crippen LogP contribution in [0.25, 0.3) is 0 Å². The molecule has 0 saturated carbocycles. The first-order valence-electron chi connectivity index (χ1n) is 7.29. The first-order chi connectivity index (χ1) is 11.0. The fraction of sp³-hybridized carbons (Fsp3) is 0.375. The van der Waals surface area contributed by atoms with Gasteiger partial charge in [-0.2, -0.15) is 0 Å². The third kappa shape index (κ3) is 4.79. The number of methoxy groups -OCH3 is 1. The maximum atomic E-state index is 13.7. The van der Waals surface area contributed by atoms with Crippen LogP contribution in [0.2, 0.25) is 0 Å². The van der Waals surface area contributed by atoms with Crippen LogP contribution in [0.3, 0.4) is 0 Å². The highest BCUT2D eigenvalue weighted by molar-refractivity contribution is 5.89. The number of ether oxygens (including phenoxy) is 1. The van der Waals surface area contributed by atoms with Crippen molar-refractivity contribution in [2.75, 3.05) is 19.0 Å². The molecule has 0 bridgehead atoms. The molecule has 1 atom stereocenters. The minimum Gasteiger partial charge on any atom is -0.494 e. The van der Waals surface area contributed by atoms with Crippen molar-refractivity contribution < 1.29 is 18.4 Å². The molecular formula is C16H20FN3O3. The number of benzene rings is 1. The van der Waals surface area contributed by atoms with Gasteiger partial charge >= 0.3 is 0 Å². The zero-order valence-electron chi connectivity index (χ0n) is 13.4. The van der Waals surface area contributed by atoms with Crippen molar-refractivity contribution in [2.24, 2.45) is 0 Å². The van der Waals surface area contributed by atoms with Crippen molar-refractivity contribution in [1.29, 1.82) is 0 Å². The molecule has 0 radical (unpaired) electrons. The third-order valence-corrected chi connectivity index (χ3v) is 3.37. The number of aromatic nitrogens is 1. The minimum atomic E-state index is -0.405. The molecule has 2 aromatic rings. The fourth-order valence-electron chi connectivity index (χ4n) is 2.10. The molecule has 0 aliphatic carbocycles. The molecule has 124 valence electrons. The predicted molar refractivity (Wildman–Crippen MR) is 83.9 cm³/mol. The number of halogens is 1. The molecule has 1 aromatic heterocycles. The summed E-state index contributed by atoms with van der Waals surface area (Å²) in [6.45, 7) is 4.11. The Labute approximate surface area is 134 Å². The number of carbonyl (C=O) groups excluding carboxylic acids is 1. The molecule has 1 heterocycles. The molecule has 23 heavy (non-hydrogen) atoms. The van der Waals surface area contributed by atoms with E-state index in [1.165, 1.54) is 13.2 Å². The van der Waals surface area contributed by atoms with Crippen LogP contribution in [0.4, 0.5) is 10.2 Å². The lowest BCUT2D eigenvalue weighted by Crippen LogP contribution is -2.24. The van der Waals surface area contributed by atoms with Crippen molar-refractivity contribution in [2.45, 2.75) is 26.3 Å². The summed E-state index contributed by atoms with van der Waals surface area (Å²) in [5.74, 6) is 0.672. The summed E-state index contributed by atoms with van der Waals surface area (Å²) in [6.07, 6.45) is 0.273. The van der Waals surface area contributed by atoms with E-state index in [0.29, 0.717) is 18.1 Å². The molecule has 0 spiro atoms. The van der Waals surface area contributed by atoms with Crippen molar-refractivity contribution >= 4 is 11.7 Å². The summed E-state index contributed by atoms with van der Waals surface area (Å²) in [7, 11) is 1.43. The Balaban J connectivity index is 1.79. The molecular weight excluding hydrogens is 301 g/mol. The summed E-state index contributed by atoms with van der Waals surface area (Å²) in [5, 5.41) is 9.51. The quantitative estimate of drug-likeness (QED) is 0.820. The van der Waals surface area contributed by atoms with Gasteiger partial charge in [-0.05, 0) is 31.5 Å². The summed E-state index contributed by atoms with van der Waals surface area (Å²) >= 11 is 0. The zero-order valence-corrected chi connectivity index (χ0v) is 13.4. The first-order valence-corrected chi connectivity index (χ1v) is 7.29. The van der Waals surface area contributed by atoms with Gasteiger partial charge in [-0.1, -0.05) is 11.2 Å². The zero-order chi connectivity index (χ0) is 16.8. The number of amides is 1. The fourth-order valence-corrected chi connectivity index (χ4v) is 2.10. The van der Waals surface area contributed by atoms with E-state index in [4.69, 9.17) is 9.26 Å². The van der Waals surface area contributed by atoms with E-state index in [2.05, 4.69) is 15.8 Å². The van der Waals surface area contributed by atoms with Gasteiger partial charge < -0.3 is 19.9 Å². The normalized spacial score (nSPS) is 12.0. The molecule has 2 N–H and O–H groups in total. The van der Waals surface area contributed by atoms with Gasteiger partial charge in [0, 0.05) is 25.1 Å². The SMILES string of the molecule is COc1ccc([C@H](C)NCCC(=O)Nc2cc(C)on2)cc1F. The van der Waals surface area contributed by atoms with Crippen LogP contribution in [0.5, 0.6) is 5.75 Å². The number of hydrogen-bond donors (Lipinski definition) is 2. The van der Waals surface area contributed by atoms with Gasteiger partial charge in [-0.15, -0.1) is 0 Å². The Hall–Kier alpha value is -2.41. The van der Waals surface area contributed by atoms with E-state index >= 15 is 0 Å². The second kappa shape index (κ2) is 7.73. The van der Waals surface area contributed by atoms with Crippen LogP contribution in [0.1, 0.15) is 30.7 Å². The predicted octanol–water partition coefficient (Wildman–Crippen LogP) is 2.81. The maximum Gasteiger partial charge on any atom is 0.226 e. The number of anilines is 1. The lowest BCUT2D eigenvalue weighted by molar-refractivity contribution is -0.116. The Morgan fingerprint density at radius 3 is 2.83 bits per heavy atom. The Morgan fingerprint density at radius 1 is 1.43 bits per heavy atom. The molecule has 1 amide bonds. The lowest BCUT2D eigenvalue weighted by atomic mass is 10.1. The Bertz CT molecular complexity index is 672. The topological polar surface area (TPSA) is 76.4 Å². The molecule has 2 rings (SSSR count). The van der Waals surface area contributed by atoms with Crippen molar-refractivity contribution in [3.8, 4) is 5.75 Å².